The van der Waals surface area contributed by atoms with Crippen LogP contribution in [-0.4, -0.2) is 23.1 Å². The Kier molecular flexibility index (Phi) is 6.80. The van der Waals surface area contributed by atoms with Crippen molar-refractivity contribution >= 4 is 5.91 Å². The van der Waals surface area contributed by atoms with Crippen LogP contribution in [0, 0.1) is 0 Å². The van der Waals surface area contributed by atoms with Gasteiger partial charge in [0.1, 0.15) is 6.54 Å². The van der Waals surface area contributed by atoms with Gasteiger partial charge in [-0.1, -0.05) is 32.6 Å². The van der Waals surface area contributed by atoms with Crippen molar-refractivity contribution < 1.29 is 4.79 Å². The first-order valence-corrected chi connectivity index (χ1v) is 8.43. The third-order valence-electron chi connectivity index (χ3n) is 4.19. The van der Waals surface area contributed by atoms with Crippen LogP contribution in [0.25, 0.3) is 0 Å². The van der Waals surface area contributed by atoms with Crippen LogP contribution in [-0.2, 0) is 17.9 Å². The van der Waals surface area contributed by atoms with Gasteiger partial charge in [-0.2, -0.15) is 0 Å². The summed E-state index contributed by atoms with van der Waals surface area (Å²) < 4.78 is 2.05. The molecule has 1 aromatic rings. The van der Waals surface area contributed by atoms with Gasteiger partial charge in [0.2, 0.25) is 5.91 Å². The largest absolute Gasteiger partial charge is 0.352 e. The zero-order chi connectivity index (χ0) is 14.9. The number of nitrogens with one attached hydrogen (secondary N) is 2. The van der Waals surface area contributed by atoms with Crippen LogP contribution in [0.3, 0.4) is 0 Å². The molecule has 2 rings (SSSR count). The van der Waals surface area contributed by atoms with Crippen molar-refractivity contribution in [2.24, 2.45) is 0 Å². The lowest BCUT2D eigenvalue weighted by atomic mass is 10.1. The van der Waals surface area contributed by atoms with Crippen molar-refractivity contribution in [3.05, 3.63) is 24.0 Å². The minimum absolute atomic E-state index is 0.148. The maximum atomic E-state index is 12.2. The van der Waals surface area contributed by atoms with Gasteiger partial charge in [0.15, 0.2) is 0 Å². The first kappa shape index (κ1) is 16.1. The molecule has 1 amide bonds. The van der Waals surface area contributed by atoms with Gasteiger partial charge in [-0.25, -0.2) is 0 Å². The molecule has 21 heavy (non-hydrogen) atoms. The van der Waals surface area contributed by atoms with Crippen LogP contribution in [0.4, 0.5) is 0 Å². The van der Waals surface area contributed by atoms with E-state index in [1.165, 1.54) is 31.4 Å². The van der Waals surface area contributed by atoms with Crippen LogP contribution in [0.5, 0.6) is 0 Å². The molecule has 0 bridgehead atoms. The van der Waals surface area contributed by atoms with Crippen molar-refractivity contribution in [1.82, 2.24) is 15.2 Å². The number of rotatable bonds is 7. The molecular formula is C17H29N3O. The molecule has 0 unspecified atom stereocenters. The Balaban J connectivity index is 1.80. The molecule has 0 saturated heterocycles. The highest BCUT2D eigenvalue weighted by Gasteiger charge is 2.15. The van der Waals surface area contributed by atoms with Crippen LogP contribution in [0.1, 0.15) is 57.6 Å². The lowest BCUT2D eigenvalue weighted by molar-refractivity contribution is -0.122. The Bertz CT molecular complexity index is 419. The summed E-state index contributed by atoms with van der Waals surface area (Å²) in [4.78, 5) is 12.2. The molecule has 1 heterocycles. The molecule has 4 heteroatoms. The summed E-state index contributed by atoms with van der Waals surface area (Å²) in [5.41, 5.74) is 1.18. The van der Waals surface area contributed by atoms with E-state index in [0.717, 1.165) is 32.4 Å². The molecule has 2 N–H and O–H groups in total. The first-order valence-electron chi connectivity index (χ1n) is 8.43. The van der Waals surface area contributed by atoms with Crippen LogP contribution in [0.2, 0.25) is 0 Å². The fourth-order valence-corrected chi connectivity index (χ4v) is 3.01. The Hall–Kier alpha value is -1.29. The highest BCUT2D eigenvalue weighted by Crippen LogP contribution is 2.17. The monoisotopic (exact) mass is 291 g/mol. The van der Waals surface area contributed by atoms with E-state index in [2.05, 4.69) is 28.2 Å². The van der Waals surface area contributed by atoms with E-state index in [4.69, 9.17) is 0 Å². The van der Waals surface area contributed by atoms with Crippen molar-refractivity contribution in [1.29, 1.82) is 0 Å². The van der Waals surface area contributed by atoms with Gasteiger partial charge < -0.3 is 15.2 Å². The number of aromatic nitrogens is 1. The highest BCUT2D eigenvalue weighted by molar-refractivity contribution is 5.76. The lowest BCUT2D eigenvalue weighted by Crippen LogP contribution is -2.37. The first-order chi connectivity index (χ1) is 10.3. The third kappa shape index (κ3) is 5.54. The van der Waals surface area contributed by atoms with E-state index in [1.807, 2.05) is 12.3 Å². The number of hydrogen-bond acceptors (Lipinski definition) is 2. The molecule has 1 aliphatic rings. The molecule has 0 radical (unpaired) electrons. The molecule has 0 aliphatic heterocycles. The van der Waals surface area contributed by atoms with E-state index in [1.54, 1.807) is 0 Å². The quantitative estimate of drug-likeness (QED) is 0.599. The normalized spacial score (nSPS) is 16.6. The van der Waals surface area contributed by atoms with Gasteiger partial charge >= 0.3 is 0 Å². The van der Waals surface area contributed by atoms with Gasteiger partial charge in [-0.05, 0) is 37.9 Å². The van der Waals surface area contributed by atoms with Gasteiger partial charge in [-0.15, -0.1) is 0 Å². The average molecular weight is 291 g/mol. The van der Waals surface area contributed by atoms with Gasteiger partial charge in [0.05, 0.1) is 0 Å². The van der Waals surface area contributed by atoms with Crippen molar-refractivity contribution in [2.45, 2.75) is 71.0 Å². The summed E-state index contributed by atoms with van der Waals surface area (Å²) in [5, 5.41) is 6.60. The van der Waals surface area contributed by atoms with E-state index in [0.29, 0.717) is 12.6 Å². The molecule has 1 fully saturated rings. The summed E-state index contributed by atoms with van der Waals surface area (Å²) in [6, 6.07) is 4.49. The number of hydrogen-bond donors (Lipinski definition) is 2. The zero-order valence-electron chi connectivity index (χ0n) is 13.2. The lowest BCUT2D eigenvalue weighted by Gasteiger charge is -2.17. The smallest absolute Gasteiger partial charge is 0.240 e. The molecule has 118 valence electrons. The standard InChI is InChI=1S/C17H29N3O/c1-2-11-18-13-16-10-7-12-20(16)14-17(21)19-15-8-5-3-4-6-9-15/h7,10,12,15,18H,2-6,8-9,11,13-14H2,1H3,(H,19,21). The summed E-state index contributed by atoms with van der Waals surface area (Å²) in [5.74, 6) is 0.148. The second-order valence-corrected chi connectivity index (χ2v) is 6.06. The van der Waals surface area contributed by atoms with Crippen molar-refractivity contribution in [3.63, 3.8) is 0 Å². The highest BCUT2D eigenvalue weighted by atomic mass is 16.2. The Labute approximate surface area is 128 Å². The van der Waals surface area contributed by atoms with Gasteiger partial charge in [-0.3, -0.25) is 4.79 Å². The number of carbonyl (C=O) groups excluding carboxylic acids is 1. The number of nitrogens with zero attached hydrogens (tertiary/aromatic N) is 1. The maximum Gasteiger partial charge on any atom is 0.240 e. The SMILES string of the molecule is CCCNCc1cccn1CC(=O)NC1CCCCCC1. The van der Waals surface area contributed by atoms with E-state index in [9.17, 15) is 4.79 Å². The molecule has 1 aliphatic carbocycles. The molecule has 0 spiro atoms. The third-order valence-corrected chi connectivity index (χ3v) is 4.19. The van der Waals surface area contributed by atoms with E-state index in [-0.39, 0.29) is 5.91 Å². The summed E-state index contributed by atoms with van der Waals surface area (Å²) in [6.07, 6.45) is 10.5. The fourth-order valence-electron chi connectivity index (χ4n) is 3.01. The molecule has 0 aromatic carbocycles. The predicted molar refractivity (Wildman–Crippen MR) is 86.1 cm³/mol. The average Bonchev–Trinajstić information content (AvgIpc) is 2.73. The summed E-state index contributed by atoms with van der Waals surface area (Å²) in [6.45, 7) is 4.44. The molecule has 1 saturated carbocycles. The second-order valence-electron chi connectivity index (χ2n) is 6.06. The molecule has 4 nitrogen and oxygen atoms in total. The Morgan fingerprint density at radius 2 is 2.05 bits per heavy atom. The summed E-state index contributed by atoms with van der Waals surface area (Å²) in [7, 11) is 0. The molecule has 1 aromatic heterocycles. The number of carbonyl (C=O) groups is 1. The van der Waals surface area contributed by atoms with Gasteiger partial charge in [0, 0.05) is 24.5 Å². The zero-order valence-corrected chi connectivity index (χ0v) is 13.2. The Morgan fingerprint density at radius 1 is 1.29 bits per heavy atom. The van der Waals surface area contributed by atoms with Gasteiger partial charge in [0.25, 0.3) is 0 Å². The fraction of sp³-hybridized carbons (Fsp3) is 0.706. The van der Waals surface area contributed by atoms with Crippen molar-refractivity contribution in [3.8, 4) is 0 Å². The number of amides is 1. The summed E-state index contributed by atoms with van der Waals surface area (Å²) >= 11 is 0. The van der Waals surface area contributed by atoms with E-state index >= 15 is 0 Å². The van der Waals surface area contributed by atoms with E-state index < -0.39 is 0 Å². The predicted octanol–water partition coefficient (Wildman–Crippen LogP) is 2.83. The minimum atomic E-state index is 0.148. The minimum Gasteiger partial charge on any atom is -0.352 e. The van der Waals surface area contributed by atoms with Crippen LogP contribution < -0.4 is 10.6 Å². The van der Waals surface area contributed by atoms with Crippen LogP contribution >= 0.6 is 0 Å². The maximum absolute atomic E-state index is 12.2. The molecular weight excluding hydrogens is 262 g/mol. The van der Waals surface area contributed by atoms with Crippen molar-refractivity contribution in [2.75, 3.05) is 6.54 Å². The topological polar surface area (TPSA) is 46.1 Å². The molecule has 0 atom stereocenters. The second kappa shape index (κ2) is 8.88. The van der Waals surface area contributed by atoms with Crippen LogP contribution in [0.15, 0.2) is 18.3 Å². The Morgan fingerprint density at radius 3 is 2.76 bits per heavy atom.